The van der Waals surface area contributed by atoms with E-state index in [0.717, 1.165) is 25.0 Å². The van der Waals surface area contributed by atoms with Crippen LogP contribution in [0.1, 0.15) is 56.8 Å². The molecular weight excluding hydrogens is 372 g/mol. The summed E-state index contributed by atoms with van der Waals surface area (Å²) < 4.78 is 32.2. The van der Waals surface area contributed by atoms with Gasteiger partial charge in [-0.1, -0.05) is 6.07 Å². The van der Waals surface area contributed by atoms with Gasteiger partial charge in [-0.3, -0.25) is 20.4 Å². The zero-order valence-electron chi connectivity index (χ0n) is 16.2. The van der Waals surface area contributed by atoms with Crippen LogP contribution in [0.3, 0.4) is 0 Å². The Morgan fingerprint density at radius 3 is 2.57 bits per heavy atom. The molecule has 1 unspecified atom stereocenters. The van der Waals surface area contributed by atoms with Crippen molar-refractivity contribution in [3.05, 3.63) is 35.4 Å². The van der Waals surface area contributed by atoms with Crippen LogP contribution < -0.4 is 10.9 Å². The smallest absolute Gasteiger partial charge is 0.410 e. The first-order valence-electron chi connectivity index (χ1n) is 9.11. The molecule has 0 spiro atoms. The molecule has 1 fully saturated rings. The Bertz CT molecular complexity index is 749. The molecule has 1 aliphatic heterocycles. The standard InChI is InChI=1S/C19H25F2N3O4/c1-19(2,3)28-18(27)24-10-5-4-7-12(24)11-15(25)22-23-17(26)13-8-6-9-14(20)16(13)21/h6,8-9,12H,4-5,7,10-11H2,1-3H3,(H,22,25)(H,23,26). The highest BCUT2D eigenvalue weighted by Gasteiger charge is 2.31. The topological polar surface area (TPSA) is 87.7 Å². The van der Waals surface area contributed by atoms with Crippen LogP contribution >= 0.6 is 0 Å². The zero-order chi connectivity index (χ0) is 20.9. The van der Waals surface area contributed by atoms with E-state index in [-0.39, 0.29) is 12.5 Å². The summed E-state index contributed by atoms with van der Waals surface area (Å²) in [5.74, 6) is -3.98. The molecule has 154 valence electrons. The molecule has 3 amide bonds. The minimum Gasteiger partial charge on any atom is -0.444 e. The zero-order valence-corrected chi connectivity index (χ0v) is 16.2. The number of likely N-dealkylation sites (tertiary alicyclic amines) is 1. The molecule has 0 aromatic heterocycles. The van der Waals surface area contributed by atoms with Gasteiger partial charge < -0.3 is 9.64 Å². The van der Waals surface area contributed by atoms with Gasteiger partial charge in [0.25, 0.3) is 5.91 Å². The molecule has 1 saturated heterocycles. The fraction of sp³-hybridized carbons (Fsp3) is 0.526. The highest BCUT2D eigenvalue weighted by Crippen LogP contribution is 2.22. The number of hydrogen-bond acceptors (Lipinski definition) is 4. The molecular formula is C19H25F2N3O4. The van der Waals surface area contributed by atoms with Crippen LogP contribution in [0.25, 0.3) is 0 Å². The fourth-order valence-electron chi connectivity index (χ4n) is 2.91. The third-order valence-corrected chi connectivity index (χ3v) is 4.19. The molecule has 0 saturated carbocycles. The summed E-state index contributed by atoms with van der Waals surface area (Å²) in [6.45, 7) is 5.76. The lowest BCUT2D eigenvalue weighted by molar-refractivity contribution is -0.123. The van der Waals surface area contributed by atoms with Gasteiger partial charge in [-0.2, -0.15) is 0 Å². The monoisotopic (exact) mass is 397 g/mol. The van der Waals surface area contributed by atoms with Crippen molar-refractivity contribution in [2.24, 2.45) is 0 Å². The number of piperidine rings is 1. The van der Waals surface area contributed by atoms with Gasteiger partial charge in [0.15, 0.2) is 11.6 Å². The van der Waals surface area contributed by atoms with Gasteiger partial charge in [-0.05, 0) is 52.2 Å². The third-order valence-electron chi connectivity index (χ3n) is 4.19. The molecule has 9 heteroatoms. The van der Waals surface area contributed by atoms with Gasteiger partial charge >= 0.3 is 6.09 Å². The second-order valence-electron chi connectivity index (χ2n) is 7.63. The van der Waals surface area contributed by atoms with Crippen molar-refractivity contribution < 1.29 is 27.9 Å². The number of hydrogen-bond donors (Lipinski definition) is 2. The molecule has 1 atom stereocenters. The van der Waals surface area contributed by atoms with Crippen molar-refractivity contribution in [3.63, 3.8) is 0 Å². The van der Waals surface area contributed by atoms with Gasteiger partial charge in [0.1, 0.15) is 5.60 Å². The van der Waals surface area contributed by atoms with Gasteiger partial charge in [0.05, 0.1) is 5.56 Å². The van der Waals surface area contributed by atoms with Crippen molar-refractivity contribution in [1.82, 2.24) is 15.8 Å². The summed E-state index contributed by atoms with van der Waals surface area (Å²) >= 11 is 0. The normalized spacial score (nSPS) is 17.0. The summed E-state index contributed by atoms with van der Waals surface area (Å²) in [4.78, 5) is 38.0. The van der Waals surface area contributed by atoms with Gasteiger partial charge in [-0.25, -0.2) is 13.6 Å². The first-order valence-corrected chi connectivity index (χ1v) is 9.11. The molecule has 0 radical (unpaired) electrons. The number of rotatable bonds is 3. The predicted molar refractivity (Wildman–Crippen MR) is 97.2 cm³/mol. The highest BCUT2D eigenvalue weighted by atomic mass is 19.2. The molecule has 2 N–H and O–H groups in total. The maximum atomic E-state index is 13.6. The molecule has 0 bridgehead atoms. The first kappa shape index (κ1) is 21.6. The average Bonchev–Trinajstić information content (AvgIpc) is 2.61. The van der Waals surface area contributed by atoms with Crippen molar-refractivity contribution >= 4 is 17.9 Å². The lowest BCUT2D eigenvalue weighted by Crippen LogP contribution is -2.49. The van der Waals surface area contributed by atoms with E-state index >= 15 is 0 Å². The second kappa shape index (κ2) is 8.99. The number of amides is 3. The molecule has 28 heavy (non-hydrogen) atoms. The largest absolute Gasteiger partial charge is 0.444 e. The first-order chi connectivity index (χ1) is 13.1. The Kier molecular flexibility index (Phi) is 6.93. The third kappa shape index (κ3) is 5.90. The second-order valence-corrected chi connectivity index (χ2v) is 7.63. The van der Waals surface area contributed by atoms with E-state index in [1.807, 2.05) is 0 Å². The lowest BCUT2D eigenvalue weighted by Gasteiger charge is -2.36. The molecule has 0 aliphatic carbocycles. The number of hydrazine groups is 1. The minimum atomic E-state index is -1.29. The van der Waals surface area contributed by atoms with E-state index in [9.17, 15) is 23.2 Å². The maximum Gasteiger partial charge on any atom is 0.410 e. The van der Waals surface area contributed by atoms with E-state index in [2.05, 4.69) is 10.9 Å². The Morgan fingerprint density at radius 1 is 1.18 bits per heavy atom. The van der Waals surface area contributed by atoms with Crippen LogP contribution in [0.4, 0.5) is 13.6 Å². The van der Waals surface area contributed by atoms with Crippen LogP contribution in [0, 0.1) is 11.6 Å². The molecule has 1 aromatic rings. The number of benzene rings is 1. The average molecular weight is 397 g/mol. The predicted octanol–water partition coefficient (Wildman–Crippen LogP) is 2.91. The summed E-state index contributed by atoms with van der Waals surface area (Å²) in [5.41, 5.74) is 3.07. The van der Waals surface area contributed by atoms with Crippen LogP contribution in [-0.2, 0) is 9.53 Å². The number of halogens is 2. The van der Waals surface area contributed by atoms with Crippen molar-refractivity contribution in [3.8, 4) is 0 Å². The Morgan fingerprint density at radius 2 is 1.89 bits per heavy atom. The van der Waals surface area contributed by atoms with Gasteiger partial charge in [0, 0.05) is 19.0 Å². The van der Waals surface area contributed by atoms with Crippen LogP contribution in [-0.4, -0.2) is 41.0 Å². The number of nitrogens with one attached hydrogen (secondary N) is 2. The van der Waals surface area contributed by atoms with Crippen LogP contribution in [0.2, 0.25) is 0 Å². The summed E-state index contributed by atoms with van der Waals surface area (Å²) in [5, 5.41) is 0. The SMILES string of the molecule is CC(C)(C)OC(=O)N1CCCCC1CC(=O)NNC(=O)c1cccc(F)c1F. The number of ether oxygens (including phenoxy) is 1. The van der Waals surface area contributed by atoms with E-state index < -0.39 is 40.7 Å². The Balaban J connectivity index is 1.92. The molecule has 1 aliphatic rings. The summed E-state index contributed by atoms with van der Waals surface area (Å²) in [6.07, 6.45) is 1.76. The quantitative estimate of drug-likeness (QED) is 0.768. The molecule has 7 nitrogen and oxygen atoms in total. The fourth-order valence-corrected chi connectivity index (χ4v) is 2.91. The molecule has 2 rings (SSSR count). The summed E-state index contributed by atoms with van der Waals surface area (Å²) in [6, 6.07) is 2.81. The Labute approximate surface area is 162 Å². The van der Waals surface area contributed by atoms with Crippen molar-refractivity contribution in [2.45, 2.75) is 58.1 Å². The lowest BCUT2D eigenvalue weighted by atomic mass is 9.99. The van der Waals surface area contributed by atoms with Gasteiger partial charge in [0.2, 0.25) is 5.91 Å². The maximum absolute atomic E-state index is 13.6. The molecule has 1 heterocycles. The van der Waals surface area contributed by atoms with Crippen LogP contribution in [0.15, 0.2) is 18.2 Å². The van der Waals surface area contributed by atoms with Gasteiger partial charge in [-0.15, -0.1) is 0 Å². The summed E-state index contributed by atoms with van der Waals surface area (Å²) in [7, 11) is 0. The van der Waals surface area contributed by atoms with E-state index in [4.69, 9.17) is 4.74 Å². The number of nitrogens with zero attached hydrogens (tertiary/aromatic N) is 1. The number of carbonyl (C=O) groups excluding carboxylic acids is 3. The van der Waals surface area contributed by atoms with E-state index in [1.165, 1.54) is 11.0 Å². The van der Waals surface area contributed by atoms with E-state index in [1.54, 1.807) is 20.8 Å². The molecule has 1 aromatic carbocycles. The Hall–Kier alpha value is -2.71. The van der Waals surface area contributed by atoms with Crippen molar-refractivity contribution in [2.75, 3.05) is 6.54 Å². The van der Waals surface area contributed by atoms with Crippen LogP contribution in [0.5, 0.6) is 0 Å². The number of carbonyl (C=O) groups is 3. The van der Waals surface area contributed by atoms with E-state index in [0.29, 0.717) is 13.0 Å². The minimum absolute atomic E-state index is 0.0504. The van der Waals surface area contributed by atoms with Crippen molar-refractivity contribution in [1.29, 1.82) is 0 Å². The highest BCUT2D eigenvalue weighted by molar-refractivity contribution is 5.95.